The third-order valence-corrected chi connectivity index (χ3v) is 6.91. The number of rotatable bonds is 5. The summed E-state index contributed by atoms with van der Waals surface area (Å²) in [7, 11) is -3.52. The van der Waals surface area contributed by atoms with Crippen LogP contribution in [-0.4, -0.2) is 19.3 Å². The summed E-state index contributed by atoms with van der Waals surface area (Å²) < 4.78 is 27.9. The van der Waals surface area contributed by atoms with E-state index in [1.807, 2.05) is 36.4 Å². The smallest absolute Gasteiger partial charge is 0.207 e. The Balaban J connectivity index is 1.89. The molecule has 0 radical (unpaired) electrons. The van der Waals surface area contributed by atoms with Crippen LogP contribution in [0.4, 0.5) is 0 Å². The van der Waals surface area contributed by atoms with Crippen molar-refractivity contribution in [2.24, 2.45) is 5.92 Å². The first-order valence-electron chi connectivity index (χ1n) is 8.75. The van der Waals surface area contributed by atoms with Gasteiger partial charge in [-0.3, -0.25) is 0 Å². The summed E-state index contributed by atoms with van der Waals surface area (Å²) in [4.78, 5) is 0.360. The van der Waals surface area contributed by atoms with E-state index in [4.69, 9.17) is 11.6 Å². The number of hydrogen-bond donors (Lipinski definition) is 0. The van der Waals surface area contributed by atoms with Crippen molar-refractivity contribution < 1.29 is 8.42 Å². The Morgan fingerprint density at radius 1 is 1.12 bits per heavy atom. The van der Waals surface area contributed by atoms with E-state index in [2.05, 4.69) is 13.8 Å². The molecule has 1 aliphatic heterocycles. The van der Waals surface area contributed by atoms with E-state index in [1.165, 1.54) is 0 Å². The third kappa shape index (κ3) is 3.91. The lowest BCUT2D eigenvalue weighted by Gasteiger charge is -2.25. The molecule has 0 aliphatic carbocycles. The SMILES string of the molecule is CC(C)Cc1ccc(S(=O)(=O)N2CCCC2c2ccccc2Cl)cc1. The fourth-order valence-corrected chi connectivity index (χ4v) is 5.42. The summed E-state index contributed by atoms with van der Waals surface area (Å²) in [5, 5.41) is 0.627. The van der Waals surface area contributed by atoms with Gasteiger partial charge in [0.1, 0.15) is 0 Å². The normalized spacial score (nSPS) is 18.8. The zero-order valence-electron chi connectivity index (χ0n) is 14.7. The molecule has 1 saturated heterocycles. The van der Waals surface area contributed by atoms with Crippen molar-refractivity contribution >= 4 is 21.6 Å². The summed E-state index contributed by atoms with van der Waals surface area (Å²) in [6.07, 6.45) is 2.60. The zero-order chi connectivity index (χ0) is 18.0. The highest BCUT2D eigenvalue weighted by atomic mass is 35.5. The minimum absolute atomic E-state index is 0.186. The molecule has 0 saturated carbocycles. The van der Waals surface area contributed by atoms with Crippen LogP contribution in [0.15, 0.2) is 53.4 Å². The lowest BCUT2D eigenvalue weighted by atomic mass is 10.0. The molecule has 2 aromatic carbocycles. The topological polar surface area (TPSA) is 37.4 Å². The van der Waals surface area contributed by atoms with Crippen LogP contribution in [0.2, 0.25) is 5.02 Å². The lowest BCUT2D eigenvalue weighted by molar-refractivity contribution is 0.397. The van der Waals surface area contributed by atoms with E-state index >= 15 is 0 Å². The number of benzene rings is 2. The van der Waals surface area contributed by atoms with Crippen molar-refractivity contribution in [1.82, 2.24) is 4.31 Å². The molecule has 25 heavy (non-hydrogen) atoms. The standard InChI is InChI=1S/C20H24ClNO2S/c1-15(2)14-16-9-11-17(12-10-16)25(23,24)22-13-5-8-20(22)18-6-3-4-7-19(18)21/h3-4,6-7,9-12,15,20H,5,8,13-14H2,1-2H3. The van der Waals surface area contributed by atoms with Gasteiger partial charge in [-0.1, -0.05) is 55.8 Å². The molecule has 0 bridgehead atoms. The van der Waals surface area contributed by atoms with E-state index in [0.29, 0.717) is 22.4 Å². The van der Waals surface area contributed by atoms with E-state index in [0.717, 1.165) is 30.4 Å². The van der Waals surface area contributed by atoms with Gasteiger partial charge >= 0.3 is 0 Å². The fraction of sp³-hybridized carbons (Fsp3) is 0.400. The van der Waals surface area contributed by atoms with Crippen LogP contribution in [0.3, 0.4) is 0 Å². The van der Waals surface area contributed by atoms with Crippen molar-refractivity contribution in [3.05, 3.63) is 64.7 Å². The predicted octanol–water partition coefficient (Wildman–Crippen LogP) is 5.06. The molecule has 2 aromatic rings. The summed E-state index contributed by atoms with van der Waals surface area (Å²) in [6, 6.07) is 14.6. The first kappa shape index (κ1) is 18.4. The Bertz CT molecular complexity index is 831. The van der Waals surface area contributed by atoms with Gasteiger partial charge in [-0.25, -0.2) is 8.42 Å². The summed E-state index contributed by atoms with van der Waals surface area (Å²) >= 11 is 6.31. The average molecular weight is 378 g/mol. The molecule has 1 fully saturated rings. The van der Waals surface area contributed by atoms with Gasteiger partial charge < -0.3 is 0 Å². The van der Waals surface area contributed by atoms with Gasteiger partial charge in [0, 0.05) is 11.6 Å². The number of hydrogen-bond acceptors (Lipinski definition) is 2. The van der Waals surface area contributed by atoms with Crippen LogP contribution in [0, 0.1) is 5.92 Å². The maximum atomic E-state index is 13.1. The molecule has 1 unspecified atom stereocenters. The van der Waals surface area contributed by atoms with Gasteiger partial charge in [-0.2, -0.15) is 4.31 Å². The van der Waals surface area contributed by atoms with Gasteiger partial charge in [-0.15, -0.1) is 0 Å². The van der Waals surface area contributed by atoms with Gasteiger partial charge in [0.25, 0.3) is 0 Å². The van der Waals surface area contributed by atoms with E-state index < -0.39 is 10.0 Å². The Hall–Kier alpha value is -1.36. The van der Waals surface area contributed by atoms with Crippen LogP contribution >= 0.6 is 11.6 Å². The molecule has 0 amide bonds. The van der Waals surface area contributed by atoms with Crippen LogP contribution in [0.1, 0.15) is 43.9 Å². The maximum Gasteiger partial charge on any atom is 0.243 e. The monoisotopic (exact) mass is 377 g/mol. The quantitative estimate of drug-likeness (QED) is 0.729. The largest absolute Gasteiger partial charge is 0.243 e. The second-order valence-electron chi connectivity index (χ2n) is 7.04. The van der Waals surface area contributed by atoms with Crippen LogP contribution < -0.4 is 0 Å². The molecule has 5 heteroatoms. The number of halogens is 1. The summed E-state index contributed by atoms with van der Waals surface area (Å²) in [5.41, 5.74) is 2.06. The summed E-state index contributed by atoms with van der Waals surface area (Å²) in [5.74, 6) is 0.547. The van der Waals surface area contributed by atoms with Crippen molar-refractivity contribution in [1.29, 1.82) is 0 Å². The molecule has 3 rings (SSSR count). The maximum absolute atomic E-state index is 13.1. The lowest BCUT2D eigenvalue weighted by Crippen LogP contribution is -2.30. The van der Waals surface area contributed by atoms with Gasteiger partial charge in [0.2, 0.25) is 10.0 Å². The molecule has 0 aromatic heterocycles. The Morgan fingerprint density at radius 2 is 1.80 bits per heavy atom. The molecular formula is C20H24ClNO2S. The summed E-state index contributed by atoms with van der Waals surface area (Å²) in [6.45, 7) is 4.85. The van der Waals surface area contributed by atoms with E-state index in [9.17, 15) is 8.42 Å². The van der Waals surface area contributed by atoms with Crippen molar-refractivity contribution in [2.45, 2.75) is 44.0 Å². The predicted molar refractivity (Wildman–Crippen MR) is 102 cm³/mol. The highest BCUT2D eigenvalue weighted by Gasteiger charge is 2.36. The van der Waals surface area contributed by atoms with Crippen LogP contribution in [0.25, 0.3) is 0 Å². The minimum Gasteiger partial charge on any atom is -0.207 e. The van der Waals surface area contributed by atoms with Crippen molar-refractivity contribution in [3.63, 3.8) is 0 Å². The molecular weight excluding hydrogens is 354 g/mol. The molecule has 0 N–H and O–H groups in total. The van der Waals surface area contributed by atoms with Gasteiger partial charge in [-0.05, 0) is 54.5 Å². The number of sulfonamides is 1. The molecule has 134 valence electrons. The minimum atomic E-state index is -3.52. The molecule has 3 nitrogen and oxygen atoms in total. The average Bonchev–Trinajstić information content (AvgIpc) is 3.05. The third-order valence-electron chi connectivity index (χ3n) is 4.64. The van der Waals surface area contributed by atoms with Gasteiger partial charge in [0.05, 0.1) is 10.9 Å². The zero-order valence-corrected chi connectivity index (χ0v) is 16.2. The van der Waals surface area contributed by atoms with E-state index in [1.54, 1.807) is 16.4 Å². The molecule has 1 atom stereocenters. The Morgan fingerprint density at radius 3 is 2.44 bits per heavy atom. The first-order valence-corrected chi connectivity index (χ1v) is 10.6. The first-order chi connectivity index (χ1) is 11.9. The van der Waals surface area contributed by atoms with E-state index in [-0.39, 0.29) is 6.04 Å². The van der Waals surface area contributed by atoms with Gasteiger partial charge in [0.15, 0.2) is 0 Å². The fourth-order valence-electron chi connectivity index (χ4n) is 3.49. The number of nitrogens with zero attached hydrogens (tertiary/aromatic N) is 1. The van der Waals surface area contributed by atoms with Crippen LogP contribution in [0.5, 0.6) is 0 Å². The Labute approximate surface area is 155 Å². The second kappa shape index (κ2) is 7.48. The second-order valence-corrected chi connectivity index (χ2v) is 9.33. The molecule has 1 heterocycles. The van der Waals surface area contributed by atoms with Crippen molar-refractivity contribution in [3.8, 4) is 0 Å². The highest BCUT2D eigenvalue weighted by Crippen LogP contribution is 2.39. The molecule has 1 aliphatic rings. The van der Waals surface area contributed by atoms with Crippen molar-refractivity contribution in [2.75, 3.05) is 6.54 Å². The Kier molecular flexibility index (Phi) is 5.52. The van der Waals surface area contributed by atoms with Crippen LogP contribution in [-0.2, 0) is 16.4 Å². The molecule has 0 spiro atoms. The highest BCUT2D eigenvalue weighted by molar-refractivity contribution is 7.89.